The first-order valence-corrected chi connectivity index (χ1v) is 9.73. The van der Waals surface area contributed by atoms with E-state index in [-0.39, 0.29) is 0 Å². The summed E-state index contributed by atoms with van der Waals surface area (Å²) in [5, 5.41) is 15.6. The fraction of sp³-hybridized carbons (Fsp3) is 0.500. The first-order chi connectivity index (χ1) is 12.7. The van der Waals surface area contributed by atoms with Crippen molar-refractivity contribution in [1.29, 1.82) is 0 Å². The fourth-order valence-corrected chi connectivity index (χ4v) is 2.99. The van der Waals surface area contributed by atoms with Crippen molar-refractivity contribution in [3.8, 4) is 0 Å². The van der Waals surface area contributed by atoms with Gasteiger partial charge in [-0.25, -0.2) is 0 Å². The summed E-state index contributed by atoms with van der Waals surface area (Å²) in [4.78, 5) is 4.62. The summed E-state index contributed by atoms with van der Waals surface area (Å²) >= 11 is 12.1. The van der Waals surface area contributed by atoms with Crippen molar-refractivity contribution in [3.63, 3.8) is 0 Å². The summed E-state index contributed by atoms with van der Waals surface area (Å²) in [5.74, 6) is 0.860. The number of nitrogens with one attached hydrogen (secondary N) is 2. The van der Waals surface area contributed by atoms with Crippen LogP contribution in [-0.4, -0.2) is 40.4 Å². The van der Waals surface area contributed by atoms with Crippen LogP contribution < -0.4 is 10.6 Å². The number of benzene rings is 1. The Hall–Kier alpha value is -1.79. The maximum Gasteiger partial charge on any atom is 0.191 e. The predicted molar refractivity (Wildman–Crippen MR) is 108 cm³/mol. The molecule has 2 aromatic rings. The molecular formula is C18H26Cl2N6. The molecule has 0 radical (unpaired) electrons. The quantitative estimate of drug-likeness (QED) is 0.366. The van der Waals surface area contributed by atoms with Crippen LogP contribution in [0.4, 0.5) is 0 Å². The van der Waals surface area contributed by atoms with E-state index in [4.69, 9.17) is 23.2 Å². The van der Waals surface area contributed by atoms with Gasteiger partial charge in [-0.1, -0.05) is 29.3 Å². The van der Waals surface area contributed by atoms with Gasteiger partial charge in [-0.15, -0.1) is 10.2 Å². The molecule has 0 bridgehead atoms. The zero-order valence-corrected chi connectivity index (χ0v) is 16.6. The topological polar surface area (TPSA) is 67.1 Å². The molecule has 0 amide bonds. The van der Waals surface area contributed by atoms with Gasteiger partial charge in [0.05, 0.1) is 0 Å². The molecule has 0 unspecified atom stereocenters. The molecule has 0 aliphatic carbocycles. The molecule has 0 saturated carbocycles. The van der Waals surface area contributed by atoms with Crippen molar-refractivity contribution < 1.29 is 0 Å². The monoisotopic (exact) mass is 396 g/mol. The van der Waals surface area contributed by atoms with E-state index in [2.05, 4.69) is 32.7 Å². The first-order valence-electron chi connectivity index (χ1n) is 8.97. The molecule has 6 nitrogen and oxygen atoms in total. The number of halogens is 2. The number of aryl methyl sites for hydroxylation is 2. The molecule has 0 aliphatic heterocycles. The maximum atomic E-state index is 6.20. The normalized spacial score (nSPS) is 11.6. The molecule has 0 atom stereocenters. The maximum absolute atomic E-state index is 6.20. The van der Waals surface area contributed by atoms with Crippen molar-refractivity contribution in [1.82, 2.24) is 25.4 Å². The number of rotatable bonds is 10. The van der Waals surface area contributed by atoms with Crippen molar-refractivity contribution in [2.45, 2.75) is 39.2 Å². The second-order valence-corrected chi connectivity index (χ2v) is 6.78. The van der Waals surface area contributed by atoms with Crippen LogP contribution in [0.1, 0.15) is 31.7 Å². The zero-order valence-electron chi connectivity index (χ0n) is 15.1. The van der Waals surface area contributed by atoms with Gasteiger partial charge in [0.15, 0.2) is 5.96 Å². The number of unbranched alkanes of at least 4 members (excludes halogenated alkanes) is 1. The van der Waals surface area contributed by atoms with E-state index in [1.807, 2.05) is 16.7 Å². The number of aromatic nitrogens is 3. The summed E-state index contributed by atoms with van der Waals surface area (Å²) in [6.07, 6.45) is 7.43. The van der Waals surface area contributed by atoms with Gasteiger partial charge in [0.2, 0.25) is 0 Å². The van der Waals surface area contributed by atoms with Gasteiger partial charge in [-0.05, 0) is 50.3 Å². The number of hydrogen-bond donors (Lipinski definition) is 2. The Balaban J connectivity index is 1.66. The molecule has 0 aliphatic rings. The lowest BCUT2D eigenvalue weighted by Gasteiger charge is -2.11. The third-order valence-corrected chi connectivity index (χ3v) is 4.42. The lowest BCUT2D eigenvalue weighted by atomic mass is 10.1. The average molecular weight is 397 g/mol. The van der Waals surface area contributed by atoms with Gasteiger partial charge in [0.25, 0.3) is 0 Å². The highest BCUT2D eigenvalue weighted by molar-refractivity contribution is 6.35. The van der Waals surface area contributed by atoms with Gasteiger partial charge in [-0.3, -0.25) is 4.99 Å². The van der Waals surface area contributed by atoms with E-state index < -0.39 is 0 Å². The Labute approximate surface area is 165 Å². The molecular weight excluding hydrogens is 371 g/mol. The standard InChI is InChI=1S/C18H26Cl2N6/c1-2-21-18(22-9-3-4-11-26-13-24-25-14-26)23-10-5-6-15-7-8-16(19)12-17(15)20/h7-8,12-14H,2-6,9-11H2,1H3,(H2,21,22,23). The Morgan fingerprint density at radius 1 is 1.12 bits per heavy atom. The molecule has 0 saturated heterocycles. The third kappa shape index (κ3) is 7.62. The highest BCUT2D eigenvalue weighted by atomic mass is 35.5. The van der Waals surface area contributed by atoms with E-state index in [1.54, 1.807) is 18.7 Å². The minimum Gasteiger partial charge on any atom is -0.357 e. The van der Waals surface area contributed by atoms with Gasteiger partial charge in [0.1, 0.15) is 12.7 Å². The van der Waals surface area contributed by atoms with Crippen LogP contribution in [0.25, 0.3) is 0 Å². The van der Waals surface area contributed by atoms with E-state index >= 15 is 0 Å². The summed E-state index contributed by atoms with van der Waals surface area (Å²) in [6, 6.07) is 5.64. The molecule has 2 rings (SSSR count). The van der Waals surface area contributed by atoms with Crippen LogP contribution in [0.2, 0.25) is 10.0 Å². The largest absolute Gasteiger partial charge is 0.357 e. The molecule has 0 spiro atoms. The molecule has 1 heterocycles. The Bertz CT molecular complexity index is 672. The number of nitrogens with zero attached hydrogens (tertiary/aromatic N) is 4. The second kappa shape index (κ2) is 11.8. The van der Waals surface area contributed by atoms with Crippen LogP contribution in [0.3, 0.4) is 0 Å². The lowest BCUT2D eigenvalue weighted by molar-refractivity contribution is 0.597. The van der Waals surface area contributed by atoms with Gasteiger partial charge < -0.3 is 15.2 Å². The molecule has 8 heteroatoms. The van der Waals surface area contributed by atoms with Crippen LogP contribution in [0, 0.1) is 0 Å². The van der Waals surface area contributed by atoms with E-state index in [0.717, 1.165) is 68.4 Å². The second-order valence-electron chi connectivity index (χ2n) is 5.93. The molecule has 1 aromatic carbocycles. The number of hydrogen-bond acceptors (Lipinski definition) is 3. The SMILES string of the molecule is CCNC(=NCCCc1ccc(Cl)cc1Cl)NCCCCn1cnnc1. The Kier molecular flexibility index (Phi) is 9.28. The van der Waals surface area contributed by atoms with Gasteiger partial charge in [-0.2, -0.15) is 0 Å². The number of aliphatic imine (C=N–C) groups is 1. The predicted octanol–water partition coefficient (Wildman–Crippen LogP) is 3.55. The minimum absolute atomic E-state index is 0.666. The Morgan fingerprint density at radius 3 is 2.65 bits per heavy atom. The molecule has 1 aromatic heterocycles. The van der Waals surface area contributed by atoms with Crippen LogP contribution >= 0.6 is 23.2 Å². The van der Waals surface area contributed by atoms with Crippen molar-refractivity contribution in [2.24, 2.45) is 4.99 Å². The summed E-state index contributed by atoms with van der Waals surface area (Å²) in [5.41, 5.74) is 1.11. The number of guanidine groups is 1. The summed E-state index contributed by atoms with van der Waals surface area (Å²) in [7, 11) is 0. The smallest absolute Gasteiger partial charge is 0.191 e. The summed E-state index contributed by atoms with van der Waals surface area (Å²) in [6.45, 7) is 5.47. The van der Waals surface area contributed by atoms with Crippen molar-refractivity contribution in [2.75, 3.05) is 19.6 Å². The first kappa shape index (κ1) is 20.5. The molecule has 0 fully saturated rings. The zero-order chi connectivity index (χ0) is 18.6. The third-order valence-electron chi connectivity index (χ3n) is 3.84. The average Bonchev–Trinajstić information content (AvgIpc) is 3.13. The molecule has 2 N–H and O–H groups in total. The van der Waals surface area contributed by atoms with Gasteiger partial charge in [0, 0.05) is 36.2 Å². The van der Waals surface area contributed by atoms with Crippen molar-refractivity contribution >= 4 is 29.2 Å². The minimum atomic E-state index is 0.666. The molecule has 142 valence electrons. The Morgan fingerprint density at radius 2 is 1.92 bits per heavy atom. The summed E-state index contributed by atoms with van der Waals surface area (Å²) < 4.78 is 1.99. The molecule has 26 heavy (non-hydrogen) atoms. The highest BCUT2D eigenvalue weighted by Gasteiger charge is 2.02. The fourth-order valence-electron chi connectivity index (χ4n) is 2.49. The highest BCUT2D eigenvalue weighted by Crippen LogP contribution is 2.21. The van der Waals surface area contributed by atoms with E-state index in [1.165, 1.54) is 0 Å². The van der Waals surface area contributed by atoms with Crippen molar-refractivity contribution in [3.05, 3.63) is 46.5 Å². The van der Waals surface area contributed by atoms with E-state index in [0.29, 0.717) is 5.02 Å². The van der Waals surface area contributed by atoms with Gasteiger partial charge >= 0.3 is 0 Å². The van der Waals surface area contributed by atoms with Crippen LogP contribution in [-0.2, 0) is 13.0 Å². The van der Waals surface area contributed by atoms with Crippen LogP contribution in [0.15, 0.2) is 35.8 Å². The lowest BCUT2D eigenvalue weighted by Crippen LogP contribution is -2.38. The van der Waals surface area contributed by atoms with E-state index in [9.17, 15) is 0 Å². The van der Waals surface area contributed by atoms with Crippen LogP contribution in [0.5, 0.6) is 0 Å².